The number of hydrogen-bond acceptors (Lipinski definition) is 2. The van der Waals surface area contributed by atoms with E-state index in [1.54, 1.807) is 0 Å². The van der Waals surface area contributed by atoms with Crippen molar-refractivity contribution in [2.24, 2.45) is 0 Å². The fourth-order valence-electron chi connectivity index (χ4n) is 4.59. The average molecular weight is 410 g/mol. The molecule has 0 unspecified atom stereocenters. The Labute approximate surface area is 184 Å². The van der Waals surface area contributed by atoms with E-state index >= 15 is 0 Å². The highest BCUT2D eigenvalue weighted by molar-refractivity contribution is 6.05. The van der Waals surface area contributed by atoms with Crippen LogP contribution < -0.4 is 0 Å². The summed E-state index contributed by atoms with van der Waals surface area (Å²) >= 11 is 0. The maximum absolute atomic E-state index is 5.05. The lowest BCUT2D eigenvalue weighted by molar-refractivity contribution is 1.31. The van der Waals surface area contributed by atoms with E-state index in [2.05, 4.69) is 94.9 Å². The van der Waals surface area contributed by atoms with Crippen molar-refractivity contribution in [3.8, 4) is 22.5 Å². The van der Waals surface area contributed by atoms with Crippen LogP contribution in [0.3, 0.4) is 0 Å². The molecule has 0 saturated heterocycles. The van der Waals surface area contributed by atoms with Gasteiger partial charge in [0.15, 0.2) is 0 Å². The highest BCUT2D eigenvalue weighted by Crippen LogP contribution is 2.41. The minimum atomic E-state index is 0.906. The molecule has 0 atom stereocenters. The van der Waals surface area contributed by atoms with Crippen molar-refractivity contribution in [2.75, 3.05) is 0 Å². The maximum Gasteiger partial charge on any atom is 0.0743 e. The number of aromatic amines is 2. The predicted octanol–water partition coefficient (Wildman–Crippen LogP) is 6.97. The van der Waals surface area contributed by atoms with Crippen molar-refractivity contribution in [2.45, 2.75) is 0 Å². The van der Waals surface area contributed by atoms with Crippen LogP contribution in [0.4, 0.5) is 0 Å². The lowest BCUT2D eigenvalue weighted by Gasteiger charge is -2.05. The lowest BCUT2D eigenvalue weighted by Crippen LogP contribution is -1.81. The van der Waals surface area contributed by atoms with Crippen LogP contribution in [0.5, 0.6) is 0 Å². The Morgan fingerprint density at radius 3 is 2.03 bits per heavy atom. The van der Waals surface area contributed by atoms with Crippen molar-refractivity contribution in [3.05, 3.63) is 96.3 Å². The minimum absolute atomic E-state index is 0.906. The third-order valence-electron chi connectivity index (χ3n) is 6.04. The fourth-order valence-corrected chi connectivity index (χ4v) is 4.59. The summed E-state index contributed by atoms with van der Waals surface area (Å²) in [6.45, 7) is 0. The third-order valence-corrected chi connectivity index (χ3v) is 6.04. The monoisotopic (exact) mass is 410 g/mol. The van der Waals surface area contributed by atoms with Gasteiger partial charge in [0.05, 0.1) is 22.8 Å². The predicted molar refractivity (Wildman–Crippen MR) is 132 cm³/mol. The molecule has 4 heteroatoms. The van der Waals surface area contributed by atoms with E-state index in [1.165, 1.54) is 16.3 Å². The molecule has 2 N–H and O–H groups in total. The Bertz CT molecular complexity index is 1730. The Balaban J connectivity index is 1.61. The highest BCUT2D eigenvalue weighted by Gasteiger charge is 2.19. The number of nitrogens with one attached hydrogen (secondary N) is 2. The van der Waals surface area contributed by atoms with Crippen LogP contribution in [-0.4, -0.2) is 19.9 Å². The number of aromatic nitrogens is 4. The maximum atomic E-state index is 5.05. The summed E-state index contributed by atoms with van der Waals surface area (Å²) in [5.41, 5.74) is 10.2. The molecular weight excluding hydrogens is 392 g/mol. The summed E-state index contributed by atoms with van der Waals surface area (Å²) in [6, 6.07) is 29.5. The molecule has 2 aromatic carbocycles. The molecule has 7 rings (SSSR count). The lowest BCUT2D eigenvalue weighted by atomic mass is 9.97. The van der Waals surface area contributed by atoms with Gasteiger partial charge < -0.3 is 9.97 Å². The van der Waals surface area contributed by atoms with Gasteiger partial charge in [0.1, 0.15) is 0 Å². The summed E-state index contributed by atoms with van der Waals surface area (Å²) < 4.78 is 0. The largest absolute Gasteiger partial charge is 0.355 e. The van der Waals surface area contributed by atoms with Gasteiger partial charge in [0.2, 0.25) is 0 Å². The number of benzene rings is 2. The Morgan fingerprint density at radius 2 is 1.22 bits per heavy atom. The molecule has 0 radical (unpaired) electrons. The number of rotatable bonds is 0. The van der Waals surface area contributed by atoms with Crippen molar-refractivity contribution in [3.63, 3.8) is 0 Å². The molecule has 2 aliphatic rings. The first-order valence-electron chi connectivity index (χ1n) is 10.7. The third kappa shape index (κ3) is 2.77. The van der Waals surface area contributed by atoms with Gasteiger partial charge >= 0.3 is 0 Å². The van der Waals surface area contributed by atoms with Gasteiger partial charge in [-0.05, 0) is 71.5 Å². The van der Waals surface area contributed by atoms with Gasteiger partial charge in [0, 0.05) is 33.2 Å². The normalized spacial score (nSPS) is 12.2. The standard InChI is InChI=1S/C28H18N4/c1-2-4-24-17(3-1)5-12-25-26-15-22-10-8-20(30-22)13-18-6-7-19(29-18)14-21-9-11-23(31-21)16-27(32-26)28(24)25/h1-16,29,31H. The second-order valence-electron chi connectivity index (χ2n) is 8.20. The molecule has 2 aliphatic heterocycles. The summed E-state index contributed by atoms with van der Waals surface area (Å²) in [5, 5.41) is 2.42. The van der Waals surface area contributed by atoms with Crippen molar-refractivity contribution >= 4 is 45.0 Å². The summed E-state index contributed by atoms with van der Waals surface area (Å²) in [5.74, 6) is 0. The first kappa shape index (κ1) is 17.3. The zero-order valence-corrected chi connectivity index (χ0v) is 17.1. The quantitative estimate of drug-likeness (QED) is 0.284. The average Bonchev–Trinajstić information content (AvgIpc) is 3.59. The van der Waals surface area contributed by atoms with Crippen LogP contribution in [0, 0.1) is 0 Å². The number of fused-ring (bicyclic) bond motifs is 13. The summed E-state index contributed by atoms with van der Waals surface area (Å²) in [6.07, 6.45) is 4.08. The minimum Gasteiger partial charge on any atom is -0.355 e. The van der Waals surface area contributed by atoms with Crippen molar-refractivity contribution in [1.29, 1.82) is 0 Å². The van der Waals surface area contributed by atoms with Gasteiger partial charge in [-0.2, -0.15) is 0 Å². The Kier molecular flexibility index (Phi) is 3.52. The topological polar surface area (TPSA) is 57.4 Å². The van der Waals surface area contributed by atoms with Crippen LogP contribution in [-0.2, 0) is 0 Å². The molecule has 0 amide bonds. The molecule has 8 bridgehead atoms. The fraction of sp³-hybridized carbons (Fsp3) is 0. The molecule has 5 aromatic rings. The van der Waals surface area contributed by atoms with Crippen LogP contribution in [0.15, 0.2) is 84.9 Å². The van der Waals surface area contributed by atoms with Crippen molar-refractivity contribution < 1.29 is 0 Å². The Hall–Kier alpha value is -4.44. The van der Waals surface area contributed by atoms with Crippen LogP contribution >= 0.6 is 0 Å². The molecule has 150 valence electrons. The van der Waals surface area contributed by atoms with E-state index in [0.29, 0.717) is 0 Å². The molecule has 0 aliphatic carbocycles. The molecule has 4 nitrogen and oxygen atoms in total. The van der Waals surface area contributed by atoms with E-state index in [0.717, 1.165) is 50.4 Å². The van der Waals surface area contributed by atoms with Crippen molar-refractivity contribution in [1.82, 2.24) is 19.9 Å². The van der Waals surface area contributed by atoms with Gasteiger partial charge in [-0.1, -0.05) is 36.4 Å². The molecule has 5 heterocycles. The van der Waals surface area contributed by atoms with E-state index in [9.17, 15) is 0 Å². The number of H-pyrrole nitrogens is 2. The molecular formula is C28H18N4. The first-order valence-corrected chi connectivity index (χ1v) is 10.7. The molecule has 0 saturated carbocycles. The van der Waals surface area contributed by atoms with Crippen LogP contribution in [0.25, 0.3) is 67.5 Å². The van der Waals surface area contributed by atoms with Gasteiger partial charge in [0.25, 0.3) is 0 Å². The smallest absolute Gasteiger partial charge is 0.0743 e. The van der Waals surface area contributed by atoms with Gasteiger partial charge in [-0.3, -0.25) is 0 Å². The van der Waals surface area contributed by atoms with E-state index < -0.39 is 0 Å². The molecule has 32 heavy (non-hydrogen) atoms. The van der Waals surface area contributed by atoms with Gasteiger partial charge in [-0.15, -0.1) is 0 Å². The zero-order valence-electron chi connectivity index (χ0n) is 17.1. The first-order chi connectivity index (χ1) is 15.8. The zero-order chi connectivity index (χ0) is 21.1. The van der Waals surface area contributed by atoms with E-state index in [4.69, 9.17) is 9.97 Å². The summed E-state index contributed by atoms with van der Waals surface area (Å²) in [7, 11) is 0. The highest BCUT2D eigenvalue weighted by atomic mass is 14.8. The summed E-state index contributed by atoms with van der Waals surface area (Å²) in [4.78, 5) is 16.8. The van der Waals surface area contributed by atoms with Gasteiger partial charge in [-0.25, -0.2) is 9.97 Å². The van der Waals surface area contributed by atoms with E-state index in [-0.39, 0.29) is 0 Å². The van der Waals surface area contributed by atoms with Crippen LogP contribution in [0.2, 0.25) is 0 Å². The number of nitrogens with zero attached hydrogens (tertiary/aromatic N) is 2. The molecule has 3 aromatic heterocycles. The van der Waals surface area contributed by atoms with Crippen LogP contribution in [0.1, 0.15) is 11.4 Å². The van der Waals surface area contributed by atoms with E-state index in [1.807, 2.05) is 12.2 Å². The SMILES string of the molecule is C1=Cc2cc3ccc(cc4ccc(cc5nc(cc1n2)-c1ccc2ccccc2c1-5)[nH]4)[nH]3. The Morgan fingerprint density at radius 1 is 0.531 bits per heavy atom. The second-order valence-corrected chi connectivity index (χ2v) is 8.20. The second kappa shape index (κ2) is 6.53. The number of hydrogen-bond donors (Lipinski definition) is 2. The molecule has 0 fully saturated rings. The molecule has 0 spiro atoms.